The van der Waals surface area contributed by atoms with Gasteiger partial charge in [-0.15, -0.1) is 0 Å². The molecule has 2 aromatic rings. The fourth-order valence-electron chi connectivity index (χ4n) is 2.90. The molecule has 2 aromatic heterocycles. The van der Waals surface area contributed by atoms with Crippen LogP contribution < -0.4 is 5.11 Å². The van der Waals surface area contributed by atoms with Crippen LogP contribution in [-0.2, 0) is 9.47 Å². The molecule has 22 heavy (non-hydrogen) atoms. The van der Waals surface area contributed by atoms with Gasteiger partial charge in [-0.3, -0.25) is 4.99 Å². The van der Waals surface area contributed by atoms with E-state index in [2.05, 4.69) is 21.1 Å². The Morgan fingerprint density at radius 2 is 2.36 bits per heavy atom. The third kappa shape index (κ3) is 1.64. The lowest BCUT2D eigenvalue weighted by Crippen LogP contribution is -2.49. The predicted molar refractivity (Wildman–Crippen MR) is 70.9 cm³/mol. The molecule has 0 saturated carbocycles. The molecule has 1 saturated heterocycles. The minimum absolute atomic E-state index is 0.0362. The van der Waals surface area contributed by atoms with E-state index in [4.69, 9.17) is 15.2 Å². The Hall–Kier alpha value is -2.86. The van der Waals surface area contributed by atoms with Crippen molar-refractivity contribution in [2.75, 3.05) is 6.54 Å². The van der Waals surface area contributed by atoms with E-state index in [0.717, 1.165) is 0 Å². The van der Waals surface area contributed by atoms with Crippen molar-refractivity contribution in [2.45, 2.75) is 24.2 Å². The van der Waals surface area contributed by atoms with Gasteiger partial charge < -0.3 is 25.3 Å². The van der Waals surface area contributed by atoms with Gasteiger partial charge in [0.1, 0.15) is 18.3 Å². The Bertz CT molecular complexity index is 825. The SMILES string of the molecule is N#C[C@@]12CN=C([O-])O[C@H]1C[C@H](c1ccc3c([NH-])ncnn13)O2. The maximum atomic E-state index is 11.3. The Morgan fingerprint density at radius 1 is 1.50 bits per heavy atom. The molecular weight excluding hydrogens is 288 g/mol. The van der Waals surface area contributed by atoms with Crippen LogP contribution in [-0.4, -0.2) is 38.9 Å². The molecule has 3 atom stereocenters. The van der Waals surface area contributed by atoms with Crippen molar-refractivity contribution in [1.29, 1.82) is 5.26 Å². The van der Waals surface area contributed by atoms with Gasteiger partial charge in [0.25, 0.3) is 0 Å². The summed E-state index contributed by atoms with van der Waals surface area (Å²) < 4.78 is 12.6. The topological polar surface area (TPSA) is 132 Å². The maximum Gasteiger partial charge on any atom is 0.186 e. The molecule has 0 unspecified atom stereocenters. The Morgan fingerprint density at radius 3 is 3.18 bits per heavy atom. The third-order valence-corrected chi connectivity index (χ3v) is 3.99. The van der Waals surface area contributed by atoms with Crippen LogP contribution in [0.4, 0.5) is 5.82 Å². The number of fused-ring (bicyclic) bond motifs is 2. The molecule has 0 radical (unpaired) electrons. The number of nitrogens with zero attached hydrogens (tertiary/aromatic N) is 5. The fraction of sp³-hybridized carbons (Fsp3) is 0.385. The summed E-state index contributed by atoms with van der Waals surface area (Å²) in [6.45, 7) is -0.0362. The fourth-order valence-corrected chi connectivity index (χ4v) is 2.90. The zero-order chi connectivity index (χ0) is 15.3. The van der Waals surface area contributed by atoms with Crippen molar-refractivity contribution < 1.29 is 14.6 Å². The van der Waals surface area contributed by atoms with Gasteiger partial charge in [-0.2, -0.15) is 10.4 Å². The Balaban J connectivity index is 1.73. The third-order valence-electron chi connectivity index (χ3n) is 3.99. The highest BCUT2D eigenvalue weighted by Gasteiger charge is 2.50. The number of rotatable bonds is 1. The summed E-state index contributed by atoms with van der Waals surface area (Å²) in [5.41, 5.74) is 7.74. The molecule has 0 aromatic carbocycles. The van der Waals surface area contributed by atoms with E-state index >= 15 is 0 Å². The molecule has 1 N–H and O–H groups in total. The lowest BCUT2D eigenvalue weighted by atomic mass is 9.97. The van der Waals surface area contributed by atoms with Crippen LogP contribution in [0.15, 0.2) is 23.5 Å². The first-order chi connectivity index (χ1) is 10.6. The van der Waals surface area contributed by atoms with Gasteiger partial charge in [-0.25, -0.2) is 4.52 Å². The molecule has 1 fully saturated rings. The van der Waals surface area contributed by atoms with E-state index in [-0.39, 0.29) is 12.4 Å². The average Bonchev–Trinajstić information content (AvgIpc) is 3.09. The Kier molecular flexibility index (Phi) is 2.52. The van der Waals surface area contributed by atoms with Crippen LogP contribution in [0.25, 0.3) is 11.3 Å². The lowest BCUT2D eigenvalue weighted by Gasteiger charge is -2.35. The molecule has 0 aliphatic carbocycles. The highest BCUT2D eigenvalue weighted by molar-refractivity contribution is 5.68. The second-order valence-electron chi connectivity index (χ2n) is 5.20. The molecule has 112 valence electrons. The first kappa shape index (κ1) is 12.8. The molecule has 2 aliphatic rings. The molecule has 9 nitrogen and oxygen atoms in total. The van der Waals surface area contributed by atoms with Gasteiger partial charge in [-0.1, -0.05) is 0 Å². The van der Waals surface area contributed by atoms with Gasteiger partial charge in [-0.05, 0) is 24.4 Å². The summed E-state index contributed by atoms with van der Waals surface area (Å²) in [6, 6.07) is 5.57. The molecule has 9 heteroatoms. The van der Waals surface area contributed by atoms with Gasteiger partial charge in [0, 0.05) is 6.33 Å². The number of hydrogen-bond acceptors (Lipinski definition) is 7. The summed E-state index contributed by atoms with van der Waals surface area (Å²) in [5, 5.41) is 24.9. The second kappa shape index (κ2) is 4.32. The molecule has 0 spiro atoms. The summed E-state index contributed by atoms with van der Waals surface area (Å²) in [6.07, 6.45) is -0.164. The van der Waals surface area contributed by atoms with Crippen molar-refractivity contribution in [1.82, 2.24) is 14.6 Å². The van der Waals surface area contributed by atoms with Crippen LogP contribution in [0.1, 0.15) is 18.2 Å². The van der Waals surface area contributed by atoms with Crippen molar-refractivity contribution >= 4 is 17.4 Å². The van der Waals surface area contributed by atoms with Crippen LogP contribution in [0.2, 0.25) is 0 Å². The molecule has 4 rings (SSSR count). The Labute approximate surface area is 124 Å². The molecule has 0 bridgehead atoms. The van der Waals surface area contributed by atoms with Crippen LogP contribution in [0.3, 0.4) is 0 Å². The predicted octanol–water partition coefficient (Wildman–Crippen LogP) is 0.252. The lowest BCUT2D eigenvalue weighted by molar-refractivity contribution is -0.263. The highest BCUT2D eigenvalue weighted by Crippen LogP contribution is 2.43. The molecular formula is C13H10N6O3-2. The number of nitriles is 1. The zero-order valence-electron chi connectivity index (χ0n) is 11.3. The van der Waals surface area contributed by atoms with Gasteiger partial charge in [0.15, 0.2) is 5.60 Å². The maximum absolute atomic E-state index is 11.3. The quantitative estimate of drug-likeness (QED) is 0.741. The first-order valence-electron chi connectivity index (χ1n) is 6.64. The van der Waals surface area contributed by atoms with E-state index in [9.17, 15) is 10.4 Å². The van der Waals surface area contributed by atoms with E-state index < -0.39 is 23.9 Å². The minimum atomic E-state index is -1.25. The number of nitrogens with one attached hydrogen (secondary N) is 1. The van der Waals surface area contributed by atoms with Crippen molar-refractivity contribution in [3.8, 4) is 6.07 Å². The van der Waals surface area contributed by atoms with Gasteiger partial charge >= 0.3 is 0 Å². The minimum Gasteiger partial charge on any atom is -0.593 e. The van der Waals surface area contributed by atoms with Crippen LogP contribution in [0.5, 0.6) is 0 Å². The van der Waals surface area contributed by atoms with E-state index in [1.807, 2.05) is 0 Å². The number of ether oxygens (including phenoxy) is 2. The molecule has 2 aliphatic heterocycles. The monoisotopic (exact) mass is 298 g/mol. The van der Waals surface area contributed by atoms with E-state index in [1.165, 1.54) is 6.33 Å². The van der Waals surface area contributed by atoms with E-state index in [0.29, 0.717) is 17.6 Å². The largest absolute Gasteiger partial charge is 0.593 e. The van der Waals surface area contributed by atoms with Gasteiger partial charge in [0.2, 0.25) is 0 Å². The number of aromatic nitrogens is 3. The summed E-state index contributed by atoms with van der Waals surface area (Å²) in [7, 11) is 0. The summed E-state index contributed by atoms with van der Waals surface area (Å²) in [4.78, 5) is 7.45. The molecule has 4 heterocycles. The van der Waals surface area contributed by atoms with Crippen molar-refractivity contribution in [3.63, 3.8) is 0 Å². The van der Waals surface area contributed by atoms with Crippen molar-refractivity contribution in [3.05, 3.63) is 29.9 Å². The van der Waals surface area contributed by atoms with Crippen LogP contribution in [0, 0.1) is 11.3 Å². The molecule has 0 amide bonds. The second-order valence-corrected chi connectivity index (χ2v) is 5.20. The number of aliphatic imine (C=N–C) groups is 1. The smallest absolute Gasteiger partial charge is 0.186 e. The summed E-state index contributed by atoms with van der Waals surface area (Å²) >= 11 is 0. The van der Waals surface area contributed by atoms with Crippen molar-refractivity contribution in [2.24, 2.45) is 4.99 Å². The first-order valence-corrected chi connectivity index (χ1v) is 6.64. The zero-order valence-corrected chi connectivity index (χ0v) is 11.3. The summed E-state index contributed by atoms with van der Waals surface area (Å²) in [5.74, 6) is 0.105. The number of hydrogen-bond donors (Lipinski definition) is 0. The highest BCUT2D eigenvalue weighted by atomic mass is 16.6. The van der Waals surface area contributed by atoms with Crippen LogP contribution >= 0.6 is 0 Å². The van der Waals surface area contributed by atoms with Gasteiger partial charge in [0.05, 0.1) is 23.9 Å². The normalized spacial score (nSPS) is 30.4. The standard InChI is InChI=1S/C13H11N6O3/c14-4-13-5-16-12(20)21-10(13)3-9(22-13)7-1-2-8-11(15)17-6-18-19(7)8/h1-2,6,9-10H,3,5H2,(H2-,15,16,17,18,20)/q-1/p-1/t9-,10+,13-/m1/s1. The average molecular weight is 298 g/mol. The van der Waals surface area contributed by atoms with E-state index in [1.54, 1.807) is 16.6 Å².